The van der Waals surface area contributed by atoms with Crippen molar-refractivity contribution in [2.24, 2.45) is 0 Å². The van der Waals surface area contributed by atoms with E-state index >= 15 is 0 Å². The normalized spacial score (nSPS) is 17.4. The standard InChI is InChI=1S/C13H22O4/c1-3-5-11(10-12(14)15-4-2)6-7-13-16-8-9-17-13/h10,13H,3-9H2,1-2H3/b11-10+. The highest BCUT2D eigenvalue weighted by Crippen LogP contribution is 2.18. The molecule has 98 valence electrons. The molecule has 1 aliphatic rings. The molecule has 0 aromatic heterocycles. The van der Waals surface area contributed by atoms with Crippen molar-refractivity contribution in [3.8, 4) is 0 Å². The molecule has 4 nitrogen and oxygen atoms in total. The molecule has 0 radical (unpaired) electrons. The van der Waals surface area contributed by atoms with Crippen LogP contribution in [-0.4, -0.2) is 32.1 Å². The summed E-state index contributed by atoms with van der Waals surface area (Å²) in [7, 11) is 0. The lowest BCUT2D eigenvalue weighted by Gasteiger charge is -2.10. The van der Waals surface area contributed by atoms with E-state index in [2.05, 4.69) is 6.92 Å². The van der Waals surface area contributed by atoms with E-state index in [0.29, 0.717) is 19.8 Å². The summed E-state index contributed by atoms with van der Waals surface area (Å²) in [5.74, 6) is -0.246. The third kappa shape index (κ3) is 5.84. The van der Waals surface area contributed by atoms with E-state index in [1.165, 1.54) is 0 Å². The third-order valence-corrected chi connectivity index (χ3v) is 2.57. The van der Waals surface area contributed by atoms with E-state index in [-0.39, 0.29) is 12.3 Å². The van der Waals surface area contributed by atoms with Gasteiger partial charge in [0.15, 0.2) is 6.29 Å². The van der Waals surface area contributed by atoms with Crippen LogP contribution in [0.3, 0.4) is 0 Å². The SMILES string of the molecule is CCC/C(=C\C(=O)OCC)CCC1OCCO1. The molecule has 0 amide bonds. The average Bonchev–Trinajstić information content (AvgIpc) is 2.79. The number of rotatable bonds is 7. The van der Waals surface area contributed by atoms with Crippen LogP contribution in [0.15, 0.2) is 11.6 Å². The largest absolute Gasteiger partial charge is 0.463 e. The van der Waals surface area contributed by atoms with Gasteiger partial charge in [-0.2, -0.15) is 0 Å². The molecule has 0 aromatic rings. The Hall–Kier alpha value is -0.870. The summed E-state index contributed by atoms with van der Waals surface area (Å²) in [5, 5.41) is 0. The van der Waals surface area contributed by atoms with E-state index in [4.69, 9.17) is 14.2 Å². The predicted octanol–water partition coefficient (Wildman–Crippen LogP) is 2.43. The maximum atomic E-state index is 11.4. The van der Waals surface area contributed by atoms with Crippen LogP contribution in [0.25, 0.3) is 0 Å². The Morgan fingerprint density at radius 1 is 1.29 bits per heavy atom. The van der Waals surface area contributed by atoms with Crippen LogP contribution < -0.4 is 0 Å². The molecule has 0 aliphatic carbocycles. The molecule has 1 aliphatic heterocycles. The lowest BCUT2D eigenvalue weighted by Crippen LogP contribution is -2.08. The molecule has 0 spiro atoms. The highest BCUT2D eigenvalue weighted by atomic mass is 16.7. The summed E-state index contributed by atoms with van der Waals surface area (Å²) in [6.45, 7) is 5.68. The second-order valence-corrected chi connectivity index (χ2v) is 4.01. The number of ether oxygens (including phenoxy) is 3. The van der Waals surface area contributed by atoms with Gasteiger partial charge in [0.2, 0.25) is 0 Å². The van der Waals surface area contributed by atoms with E-state index < -0.39 is 0 Å². The second kappa shape index (κ2) is 8.25. The van der Waals surface area contributed by atoms with Gasteiger partial charge < -0.3 is 14.2 Å². The van der Waals surface area contributed by atoms with E-state index in [1.54, 1.807) is 6.08 Å². The summed E-state index contributed by atoms with van der Waals surface area (Å²) in [4.78, 5) is 11.4. The van der Waals surface area contributed by atoms with Crippen LogP contribution in [0.2, 0.25) is 0 Å². The number of carbonyl (C=O) groups is 1. The molecular formula is C13H22O4. The van der Waals surface area contributed by atoms with Gasteiger partial charge >= 0.3 is 5.97 Å². The Bertz CT molecular complexity index is 254. The van der Waals surface area contributed by atoms with E-state index in [1.807, 2.05) is 6.92 Å². The van der Waals surface area contributed by atoms with Gasteiger partial charge in [0.25, 0.3) is 0 Å². The second-order valence-electron chi connectivity index (χ2n) is 4.01. The highest BCUT2D eigenvalue weighted by Gasteiger charge is 2.16. The van der Waals surface area contributed by atoms with Gasteiger partial charge in [0, 0.05) is 12.5 Å². The van der Waals surface area contributed by atoms with Crippen LogP contribution in [0, 0.1) is 0 Å². The smallest absolute Gasteiger partial charge is 0.330 e. The van der Waals surface area contributed by atoms with Crippen molar-refractivity contribution in [2.75, 3.05) is 19.8 Å². The Labute approximate surface area is 103 Å². The minimum Gasteiger partial charge on any atom is -0.463 e. The van der Waals surface area contributed by atoms with Crippen molar-refractivity contribution in [3.05, 3.63) is 11.6 Å². The molecule has 0 saturated carbocycles. The fourth-order valence-electron chi connectivity index (χ4n) is 1.82. The summed E-state index contributed by atoms with van der Waals surface area (Å²) in [6.07, 6.45) is 5.10. The molecule has 4 heteroatoms. The van der Waals surface area contributed by atoms with Gasteiger partial charge in [-0.3, -0.25) is 0 Å². The van der Waals surface area contributed by atoms with Gasteiger partial charge in [-0.15, -0.1) is 0 Å². The van der Waals surface area contributed by atoms with Crippen LogP contribution >= 0.6 is 0 Å². The molecule has 1 fully saturated rings. The van der Waals surface area contributed by atoms with Crippen molar-refractivity contribution >= 4 is 5.97 Å². The summed E-state index contributed by atoms with van der Waals surface area (Å²) in [6, 6.07) is 0. The average molecular weight is 242 g/mol. The fourth-order valence-corrected chi connectivity index (χ4v) is 1.82. The highest BCUT2D eigenvalue weighted by molar-refractivity contribution is 5.82. The Balaban J connectivity index is 2.38. The Morgan fingerprint density at radius 2 is 2.00 bits per heavy atom. The minimum atomic E-state index is -0.246. The number of hydrogen-bond acceptors (Lipinski definition) is 4. The topological polar surface area (TPSA) is 44.8 Å². The van der Waals surface area contributed by atoms with Crippen molar-refractivity contribution in [2.45, 2.75) is 45.8 Å². The monoisotopic (exact) mass is 242 g/mol. The van der Waals surface area contributed by atoms with Crippen LogP contribution in [0.5, 0.6) is 0 Å². The maximum Gasteiger partial charge on any atom is 0.330 e. The summed E-state index contributed by atoms with van der Waals surface area (Å²) >= 11 is 0. The van der Waals surface area contributed by atoms with Crippen molar-refractivity contribution in [3.63, 3.8) is 0 Å². The van der Waals surface area contributed by atoms with E-state index in [0.717, 1.165) is 31.3 Å². The molecular weight excluding hydrogens is 220 g/mol. The predicted molar refractivity (Wildman–Crippen MR) is 64.6 cm³/mol. The molecule has 0 atom stereocenters. The Kier molecular flexibility index (Phi) is 6.89. The summed E-state index contributed by atoms with van der Waals surface area (Å²) in [5.41, 5.74) is 1.12. The minimum absolute atomic E-state index is 0.0996. The first-order chi connectivity index (χ1) is 8.26. The van der Waals surface area contributed by atoms with Crippen molar-refractivity contribution in [1.29, 1.82) is 0 Å². The first-order valence-corrected chi connectivity index (χ1v) is 6.35. The van der Waals surface area contributed by atoms with Crippen molar-refractivity contribution < 1.29 is 19.0 Å². The first-order valence-electron chi connectivity index (χ1n) is 6.35. The molecule has 17 heavy (non-hydrogen) atoms. The van der Waals surface area contributed by atoms with Crippen LogP contribution in [0.4, 0.5) is 0 Å². The molecule has 1 saturated heterocycles. The van der Waals surface area contributed by atoms with Crippen LogP contribution in [-0.2, 0) is 19.0 Å². The van der Waals surface area contributed by atoms with Gasteiger partial charge in [-0.1, -0.05) is 18.9 Å². The molecule has 1 rings (SSSR count). The van der Waals surface area contributed by atoms with Gasteiger partial charge in [-0.05, 0) is 19.8 Å². The maximum absolute atomic E-state index is 11.4. The summed E-state index contributed by atoms with van der Waals surface area (Å²) < 4.78 is 15.6. The molecule has 0 aromatic carbocycles. The first kappa shape index (κ1) is 14.2. The zero-order valence-electron chi connectivity index (χ0n) is 10.7. The molecule has 0 bridgehead atoms. The Morgan fingerprint density at radius 3 is 2.59 bits per heavy atom. The number of carbonyl (C=O) groups excluding carboxylic acids is 1. The van der Waals surface area contributed by atoms with Gasteiger partial charge in [0.05, 0.1) is 19.8 Å². The zero-order chi connectivity index (χ0) is 12.5. The third-order valence-electron chi connectivity index (χ3n) is 2.57. The fraction of sp³-hybridized carbons (Fsp3) is 0.769. The quantitative estimate of drug-likeness (QED) is 0.508. The van der Waals surface area contributed by atoms with Crippen LogP contribution in [0.1, 0.15) is 39.5 Å². The lowest BCUT2D eigenvalue weighted by molar-refractivity contribution is -0.137. The number of allylic oxidation sites excluding steroid dienone is 1. The number of esters is 1. The molecule has 0 N–H and O–H groups in total. The molecule has 0 unspecified atom stereocenters. The lowest BCUT2D eigenvalue weighted by atomic mass is 10.0. The van der Waals surface area contributed by atoms with Gasteiger partial charge in [-0.25, -0.2) is 4.79 Å². The van der Waals surface area contributed by atoms with Crippen molar-refractivity contribution in [1.82, 2.24) is 0 Å². The molecule has 1 heterocycles. The van der Waals surface area contributed by atoms with E-state index in [9.17, 15) is 4.79 Å². The van der Waals surface area contributed by atoms with Gasteiger partial charge in [0.1, 0.15) is 0 Å². The number of hydrogen-bond donors (Lipinski definition) is 0. The zero-order valence-corrected chi connectivity index (χ0v) is 10.7.